The number of thioether (sulfide) groups is 1. The number of aromatic nitrogens is 3. The number of nitrogens with one attached hydrogen (secondary N) is 1. The number of hydrogen-bond acceptors (Lipinski definition) is 7. The maximum atomic E-state index is 13.3. The van der Waals surface area contributed by atoms with Crippen molar-refractivity contribution in [2.24, 2.45) is 0 Å². The van der Waals surface area contributed by atoms with Crippen LogP contribution in [0.25, 0.3) is 0 Å². The van der Waals surface area contributed by atoms with Crippen molar-refractivity contribution in [2.45, 2.75) is 43.8 Å². The van der Waals surface area contributed by atoms with Gasteiger partial charge < -0.3 is 14.8 Å². The van der Waals surface area contributed by atoms with Gasteiger partial charge in [0.15, 0.2) is 0 Å². The number of hydrogen-bond donors (Lipinski definition) is 1. The summed E-state index contributed by atoms with van der Waals surface area (Å²) in [5, 5.41) is 9.77. The third-order valence-corrected chi connectivity index (χ3v) is 7.78. The Balaban J connectivity index is 1.45. The Morgan fingerprint density at radius 1 is 1.07 bits per heavy atom. The number of ether oxygens (including phenoxy) is 2. The van der Waals surface area contributed by atoms with Crippen molar-refractivity contribution in [1.82, 2.24) is 14.8 Å². The lowest BCUT2D eigenvalue weighted by atomic mass is 9.95. The second-order valence-corrected chi connectivity index (χ2v) is 11.0. The minimum atomic E-state index is -0.554. The van der Waals surface area contributed by atoms with Crippen LogP contribution < -0.4 is 10.1 Å². The molecule has 1 unspecified atom stereocenters. The van der Waals surface area contributed by atoms with Gasteiger partial charge in [-0.1, -0.05) is 90.4 Å². The average Bonchev–Trinajstić information content (AvgIpc) is 3.36. The van der Waals surface area contributed by atoms with E-state index in [0.29, 0.717) is 44.8 Å². The SMILES string of the molecule is CCCOC(=O)C1=C(C)Nc2nc(SCc3ccccc3)nn2C1c1cccc(OCc2ccc(Cl)cc2Cl)c1. The number of nitrogens with zero attached hydrogens (tertiary/aromatic N) is 3. The van der Waals surface area contributed by atoms with Crippen molar-refractivity contribution in [2.75, 3.05) is 11.9 Å². The number of allylic oxidation sites excluding steroid dienone is 1. The second kappa shape index (κ2) is 12.8. The lowest BCUT2D eigenvalue weighted by molar-refractivity contribution is -0.139. The molecule has 10 heteroatoms. The Bertz CT molecular complexity index is 1540. The third kappa shape index (κ3) is 6.46. The topological polar surface area (TPSA) is 78.3 Å². The van der Waals surface area contributed by atoms with Crippen LogP contribution in [0.5, 0.6) is 5.75 Å². The minimum Gasteiger partial charge on any atom is -0.489 e. The van der Waals surface area contributed by atoms with E-state index in [9.17, 15) is 4.79 Å². The Morgan fingerprint density at radius 2 is 1.90 bits per heavy atom. The zero-order valence-corrected chi connectivity index (χ0v) is 24.4. The molecule has 0 bridgehead atoms. The Morgan fingerprint density at radius 3 is 2.67 bits per heavy atom. The highest BCUT2D eigenvalue weighted by atomic mass is 35.5. The van der Waals surface area contributed by atoms with Gasteiger partial charge in [-0.25, -0.2) is 9.48 Å². The normalized spacial score (nSPS) is 14.4. The molecule has 0 amide bonds. The Hall–Kier alpha value is -3.46. The Labute approximate surface area is 247 Å². The molecule has 0 fully saturated rings. The molecule has 40 heavy (non-hydrogen) atoms. The molecule has 1 aromatic heterocycles. The van der Waals surface area contributed by atoms with E-state index < -0.39 is 12.0 Å². The number of benzene rings is 3. The van der Waals surface area contributed by atoms with Crippen LogP contribution >= 0.6 is 35.0 Å². The first-order chi connectivity index (χ1) is 19.4. The summed E-state index contributed by atoms with van der Waals surface area (Å²) in [5.74, 6) is 1.52. The summed E-state index contributed by atoms with van der Waals surface area (Å²) >= 11 is 13.9. The molecule has 7 nitrogen and oxygen atoms in total. The summed E-state index contributed by atoms with van der Waals surface area (Å²) in [6, 6.07) is 22.5. The predicted molar refractivity (Wildman–Crippen MR) is 159 cm³/mol. The van der Waals surface area contributed by atoms with E-state index >= 15 is 0 Å². The highest BCUT2D eigenvalue weighted by Gasteiger charge is 2.35. The molecule has 206 valence electrons. The predicted octanol–water partition coefficient (Wildman–Crippen LogP) is 7.70. The highest BCUT2D eigenvalue weighted by molar-refractivity contribution is 7.98. The standard InChI is InChI=1S/C30H28Cl2N4O3S/c1-3-14-38-28(37)26-19(2)33-29-34-30(40-18-20-8-5-4-6-9-20)35-36(29)27(26)21-10-7-11-24(15-21)39-17-22-12-13-23(31)16-25(22)32/h4-13,15-16,27H,3,14,17-18H2,1-2H3,(H,33,34,35). The molecule has 0 aliphatic carbocycles. The van der Waals surface area contributed by atoms with Gasteiger partial charge >= 0.3 is 5.97 Å². The molecular weight excluding hydrogens is 567 g/mol. The fourth-order valence-corrected chi connectivity index (χ4v) is 5.58. The van der Waals surface area contributed by atoms with Crippen molar-refractivity contribution in [3.8, 4) is 5.75 Å². The maximum absolute atomic E-state index is 13.3. The van der Waals surface area contributed by atoms with Gasteiger partial charge in [-0.3, -0.25) is 0 Å². The second-order valence-electron chi connectivity index (χ2n) is 9.24. The molecule has 1 aliphatic heterocycles. The van der Waals surface area contributed by atoms with Gasteiger partial charge in [-0.05, 0) is 48.7 Å². The molecule has 2 heterocycles. The van der Waals surface area contributed by atoms with Crippen LogP contribution in [0.4, 0.5) is 5.95 Å². The molecule has 1 atom stereocenters. The van der Waals surface area contributed by atoms with E-state index in [4.69, 9.17) is 42.8 Å². The van der Waals surface area contributed by atoms with Crippen LogP contribution in [-0.4, -0.2) is 27.3 Å². The lowest BCUT2D eigenvalue weighted by Crippen LogP contribution is -2.29. The molecule has 5 rings (SSSR count). The van der Waals surface area contributed by atoms with Gasteiger partial charge in [0.1, 0.15) is 18.4 Å². The van der Waals surface area contributed by atoms with Crippen LogP contribution in [0, 0.1) is 0 Å². The molecule has 0 saturated carbocycles. The first-order valence-electron chi connectivity index (χ1n) is 12.9. The summed E-state index contributed by atoms with van der Waals surface area (Å²) in [7, 11) is 0. The van der Waals surface area contributed by atoms with Gasteiger partial charge in [-0.2, -0.15) is 4.98 Å². The molecule has 3 aromatic carbocycles. The number of fused-ring (bicyclic) bond motifs is 1. The Kier molecular flexibility index (Phi) is 8.99. The number of carbonyl (C=O) groups excluding carboxylic acids is 1. The van der Waals surface area contributed by atoms with Crippen molar-refractivity contribution >= 4 is 46.9 Å². The van der Waals surface area contributed by atoms with Crippen molar-refractivity contribution in [1.29, 1.82) is 0 Å². The van der Waals surface area contributed by atoms with Crippen LogP contribution in [0.3, 0.4) is 0 Å². The zero-order chi connectivity index (χ0) is 28.1. The molecule has 0 spiro atoms. The smallest absolute Gasteiger partial charge is 0.338 e. The summed E-state index contributed by atoms with van der Waals surface area (Å²) in [6.45, 7) is 4.41. The number of esters is 1. The van der Waals surface area contributed by atoms with Crippen LogP contribution in [0.2, 0.25) is 10.0 Å². The van der Waals surface area contributed by atoms with Gasteiger partial charge in [0.05, 0.1) is 12.2 Å². The first-order valence-corrected chi connectivity index (χ1v) is 14.6. The fraction of sp³-hybridized carbons (Fsp3) is 0.233. The molecule has 0 radical (unpaired) electrons. The molecular formula is C30H28Cl2N4O3S. The molecule has 0 saturated heterocycles. The van der Waals surface area contributed by atoms with Crippen molar-refractivity contribution in [3.05, 3.63) is 111 Å². The largest absolute Gasteiger partial charge is 0.489 e. The fourth-order valence-electron chi connectivity index (χ4n) is 4.33. The summed E-state index contributed by atoms with van der Waals surface area (Å²) in [4.78, 5) is 18.0. The van der Waals surface area contributed by atoms with Crippen molar-refractivity contribution in [3.63, 3.8) is 0 Å². The summed E-state index contributed by atoms with van der Waals surface area (Å²) in [6.07, 6.45) is 0.724. The van der Waals surface area contributed by atoms with E-state index in [1.807, 2.05) is 62.4 Å². The van der Waals surface area contributed by atoms with Gasteiger partial charge in [-0.15, -0.1) is 5.10 Å². The summed E-state index contributed by atoms with van der Waals surface area (Å²) < 4.78 is 13.4. The van der Waals surface area contributed by atoms with Crippen molar-refractivity contribution < 1.29 is 14.3 Å². The van der Waals surface area contributed by atoms with Gasteiger partial charge in [0, 0.05) is 27.1 Å². The maximum Gasteiger partial charge on any atom is 0.338 e. The van der Waals surface area contributed by atoms with E-state index in [1.54, 1.807) is 16.8 Å². The monoisotopic (exact) mass is 594 g/mol. The van der Waals surface area contributed by atoms with Crippen LogP contribution in [-0.2, 0) is 21.9 Å². The minimum absolute atomic E-state index is 0.265. The lowest BCUT2D eigenvalue weighted by Gasteiger charge is -2.28. The van der Waals surface area contributed by atoms with Crippen LogP contribution in [0.15, 0.2) is 89.2 Å². The number of anilines is 1. The van der Waals surface area contributed by atoms with E-state index in [0.717, 1.165) is 23.3 Å². The summed E-state index contributed by atoms with van der Waals surface area (Å²) in [5.41, 5.74) is 3.95. The first kappa shape index (κ1) is 28.1. The molecule has 4 aromatic rings. The van der Waals surface area contributed by atoms with E-state index in [1.165, 1.54) is 17.3 Å². The average molecular weight is 596 g/mol. The number of carbonyl (C=O) groups is 1. The van der Waals surface area contributed by atoms with Gasteiger partial charge in [0.2, 0.25) is 11.1 Å². The number of rotatable bonds is 10. The highest BCUT2D eigenvalue weighted by Crippen LogP contribution is 2.38. The molecule has 1 aliphatic rings. The molecule has 1 N–H and O–H groups in total. The third-order valence-electron chi connectivity index (χ3n) is 6.28. The van der Waals surface area contributed by atoms with Gasteiger partial charge in [0.25, 0.3) is 0 Å². The van der Waals surface area contributed by atoms with Crippen LogP contribution in [0.1, 0.15) is 43.0 Å². The quantitative estimate of drug-likeness (QED) is 0.149. The van der Waals surface area contributed by atoms with E-state index in [-0.39, 0.29) is 6.61 Å². The zero-order valence-electron chi connectivity index (χ0n) is 22.1. The van der Waals surface area contributed by atoms with E-state index in [2.05, 4.69) is 17.4 Å². The number of halogens is 2.